The highest BCUT2D eigenvalue weighted by Gasteiger charge is 2.20. The molecule has 0 saturated heterocycles. The quantitative estimate of drug-likeness (QED) is 0.915. The SMILES string of the molecule is C[C@H](CC1COC(N)=N1)Oc1ccc(Cl)cc1F. The molecule has 1 aliphatic rings. The molecule has 18 heavy (non-hydrogen) atoms. The second-order valence-electron chi connectivity index (χ2n) is 4.17. The number of rotatable bonds is 4. The van der Waals surface area contributed by atoms with Crippen LogP contribution in [0.3, 0.4) is 0 Å². The van der Waals surface area contributed by atoms with Crippen molar-refractivity contribution >= 4 is 17.6 Å². The van der Waals surface area contributed by atoms with Crippen LogP contribution in [0, 0.1) is 5.82 Å². The average Bonchev–Trinajstić information content (AvgIpc) is 2.68. The summed E-state index contributed by atoms with van der Waals surface area (Å²) in [6, 6.07) is 4.48. The molecule has 1 heterocycles. The minimum absolute atomic E-state index is 0.0321. The van der Waals surface area contributed by atoms with Gasteiger partial charge in [0, 0.05) is 11.4 Å². The Kier molecular flexibility index (Phi) is 3.91. The Balaban J connectivity index is 1.92. The Morgan fingerprint density at radius 2 is 2.44 bits per heavy atom. The number of nitrogens with zero attached hydrogens (tertiary/aromatic N) is 1. The van der Waals surface area contributed by atoms with E-state index >= 15 is 0 Å². The molecule has 0 radical (unpaired) electrons. The number of ether oxygens (including phenoxy) is 2. The van der Waals surface area contributed by atoms with Gasteiger partial charge in [0.05, 0.1) is 12.1 Å². The molecule has 1 aromatic carbocycles. The van der Waals surface area contributed by atoms with E-state index in [0.29, 0.717) is 18.1 Å². The lowest BCUT2D eigenvalue weighted by Crippen LogP contribution is -2.20. The minimum atomic E-state index is -0.472. The minimum Gasteiger partial charge on any atom is -0.488 e. The highest BCUT2D eigenvalue weighted by Crippen LogP contribution is 2.23. The Labute approximate surface area is 110 Å². The molecule has 0 amide bonds. The van der Waals surface area contributed by atoms with E-state index in [1.807, 2.05) is 6.92 Å². The molecule has 1 aliphatic heterocycles. The number of aliphatic imine (C=N–C) groups is 1. The fraction of sp³-hybridized carbons (Fsp3) is 0.417. The summed E-state index contributed by atoms with van der Waals surface area (Å²) in [6.45, 7) is 2.29. The zero-order valence-electron chi connectivity index (χ0n) is 9.90. The molecule has 0 saturated carbocycles. The molecule has 98 valence electrons. The maximum Gasteiger partial charge on any atom is 0.282 e. The van der Waals surface area contributed by atoms with E-state index in [0.717, 1.165) is 0 Å². The third kappa shape index (κ3) is 3.26. The number of amidine groups is 1. The predicted octanol–water partition coefficient (Wildman–Crippen LogP) is 2.35. The number of nitrogens with two attached hydrogens (primary N) is 1. The lowest BCUT2D eigenvalue weighted by atomic mass is 10.1. The zero-order chi connectivity index (χ0) is 13.1. The molecule has 1 unspecified atom stereocenters. The predicted molar refractivity (Wildman–Crippen MR) is 67.5 cm³/mol. The molecule has 1 aromatic rings. The molecule has 0 bridgehead atoms. The molecule has 0 aliphatic carbocycles. The van der Waals surface area contributed by atoms with Crippen LogP contribution in [-0.2, 0) is 4.74 Å². The highest BCUT2D eigenvalue weighted by atomic mass is 35.5. The normalized spacial score (nSPS) is 20.2. The van der Waals surface area contributed by atoms with Crippen molar-refractivity contribution < 1.29 is 13.9 Å². The first kappa shape index (κ1) is 13.0. The van der Waals surface area contributed by atoms with Crippen molar-refractivity contribution in [3.8, 4) is 5.75 Å². The van der Waals surface area contributed by atoms with E-state index < -0.39 is 5.82 Å². The summed E-state index contributed by atoms with van der Waals surface area (Å²) >= 11 is 5.66. The van der Waals surface area contributed by atoms with E-state index in [1.165, 1.54) is 12.1 Å². The van der Waals surface area contributed by atoms with Gasteiger partial charge in [0.2, 0.25) is 0 Å². The molecule has 0 spiro atoms. The topological polar surface area (TPSA) is 56.8 Å². The van der Waals surface area contributed by atoms with Gasteiger partial charge in [-0.15, -0.1) is 0 Å². The summed E-state index contributed by atoms with van der Waals surface area (Å²) in [7, 11) is 0. The lowest BCUT2D eigenvalue weighted by molar-refractivity contribution is 0.182. The first-order valence-electron chi connectivity index (χ1n) is 5.62. The second kappa shape index (κ2) is 5.44. The van der Waals surface area contributed by atoms with Gasteiger partial charge in [0.1, 0.15) is 6.61 Å². The van der Waals surface area contributed by atoms with Crippen molar-refractivity contribution in [2.24, 2.45) is 10.7 Å². The Hall–Kier alpha value is -1.49. The Bertz CT molecular complexity index is 467. The first-order chi connectivity index (χ1) is 8.54. The molecule has 6 heteroatoms. The third-order valence-electron chi connectivity index (χ3n) is 2.56. The van der Waals surface area contributed by atoms with Gasteiger partial charge in [-0.25, -0.2) is 9.38 Å². The van der Waals surface area contributed by atoms with Gasteiger partial charge in [-0.1, -0.05) is 11.6 Å². The molecule has 2 atom stereocenters. The van der Waals surface area contributed by atoms with Crippen molar-refractivity contribution in [1.29, 1.82) is 0 Å². The average molecular weight is 273 g/mol. The molecule has 2 N–H and O–H groups in total. The van der Waals surface area contributed by atoms with Gasteiger partial charge in [-0.3, -0.25) is 0 Å². The molecular formula is C12H14ClFN2O2. The van der Waals surface area contributed by atoms with Crippen LogP contribution in [0.4, 0.5) is 4.39 Å². The summed E-state index contributed by atoms with van der Waals surface area (Å²) in [5, 5.41) is 0.342. The lowest BCUT2D eigenvalue weighted by Gasteiger charge is -2.16. The Morgan fingerprint density at radius 3 is 3.06 bits per heavy atom. The van der Waals surface area contributed by atoms with Gasteiger partial charge in [0.15, 0.2) is 11.6 Å². The summed E-state index contributed by atoms with van der Waals surface area (Å²) in [5.74, 6) is -0.289. The van der Waals surface area contributed by atoms with Crippen LogP contribution < -0.4 is 10.5 Å². The van der Waals surface area contributed by atoms with Crippen molar-refractivity contribution in [2.45, 2.75) is 25.5 Å². The summed E-state index contributed by atoms with van der Waals surface area (Å²) in [4.78, 5) is 4.08. The number of hydrogen-bond donors (Lipinski definition) is 1. The monoisotopic (exact) mass is 272 g/mol. The van der Waals surface area contributed by atoms with Crippen LogP contribution >= 0.6 is 11.6 Å². The Morgan fingerprint density at radius 1 is 1.67 bits per heavy atom. The number of hydrogen-bond acceptors (Lipinski definition) is 4. The van der Waals surface area contributed by atoms with Gasteiger partial charge >= 0.3 is 0 Å². The molecular weight excluding hydrogens is 259 g/mol. The van der Waals surface area contributed by atoms with E-state index in [1.54, 1.807) is 6.07 Å². The molecule has 0 fully saturated rings. The zero-order valence-corrected chi connectivity index (χ0v) is 10.7. The van der Waals surface area contributed by atoms with Crippen LogP contribution in [0.5, 0.6) is 5.75 Å². The smallest absolute Gasteiger partial charge is 0.282 e. The summed E-state index contributed by atoms with van der Waals surface area (Å²) < 4.78 is 24.0. The summed E-state index contributed by atoms with van der Waals surface area (Å²) in [6.07, 6.45) is 0.423. The van der Waals surface area contributed by atoms with Crippen molar-refractivity contribution in [2.75, 3.05) is 6.61 Å². The molecule has 4 nitrogen and oxygen atoms in total. The first-order valence-corrected chi connectivity index (χ1v) is 6.00. The van der Waals surface area contributed by atoms with Gasteiger partial charge in [-0.2, -0.15) is 0 Å². The fourth-order valence-electron chi connectivity index (χ4n) is 1.78. The van der Waals surface area contributed by atoms with Crippen LogP contribution in [0.25, 0.3) is 0 Å². The fourth-order valence-corrected chi connectivity index (χ4v) is 1.93. The maximum absolute atomic E-state index is 13.5. The number of benzene rings is 1. The van der Waals surface area contributed by atoms with E-state index in [2.05, 4.69) is 4.99 Å². The van der Waals surface area contributed by atoms with Gasteiger partial charge in [-0.05, 0) is 25.1 Å². The standard InChI is InChI=1S/C12H14ClFN2O2/c1-7(4-9-6-17-12(15)16-9)18-11-3-2-8(13)5-10(11)14/h2-3,5,7,9H,4,6H2,1H3,(H2,15,16)/t7-,9?/m1/s1. The number of halogens is 2. The maximum atomic E-state index is 13.5. The summed E-state index contributed by atoms with van der Waals surface area (Å²) in [5.41, 5.74) is 5.41. The van der Waals surface area contributed by atoms with Crippen molar-refractivity contribution in [3.63, 3.8) is 0 Å². The highest BCUT2D eigenvalue weighted by molar-refractivity contribution is 6.30. The van der Waals surface area contributed by atoms with Crippen LogP contribution in [0.2, 0.25) is 5.02 Å². The van der Waals surface area contributed by atoms with Crippen molar-refractivity contribution in [3.05, 3.63) is 29.0 Å². The third-order valence-corrected chi connectivity index (χ3v) is 2.79. The van der Waals surface area contributed by atoms with Gasteiger partial charge < -0.3 is 15.2 Å². The van der Waals surface area contributed by atoms with E-state index in [9.17, 15) is 4.39 Å². The van der Waals surface area contributed by atoms with Crippen molar-refractivity contribution in [1.82, 2.24) is 0 Å². The van der Waals surface area contributed by atoms with Crippen LogP contribution in [0.15, 0.2) is 23.2 Å². The van der Waals surface area contributed by atoms with Crippen LogP contribution in [0.1, 0.15) is 13.3 Å². The van der Waals surface area contributed by atoms with Crippen LogP contribution in [-0.4, -0.2) is 24.8 Å². The second-order valence-corrected chi connectivity index (χ2v) is 4.61. The molecule has 2 rings (SSSR count). The van der Waals surface area contributed by atoms with Gasteiger partial charge in [0.25, 0.3) is 6.02 Å². The van der Waals surface area contributed by atoms with E-state index in [4.69, 9.17) is 26.8 Å². The largest absolute Gasteiger partial charge is 0.488 e. The van der Waals surface area contributed by atoms with E-state index in [-0.39, 0.29) is 23.9 Å². The molecule has 0 aromatic heterocycles.